The lowest BCUT2D eigenvalue weighted by molar-refractivity contribution is -0.116. The zero-order chi connectivity index (χ0) is 18.7. The van der Waals surface area contributed by atoms with Gasteiger partial charge in [-0.3, -0.25) is 9.59 Å². The van der Waals surface area contributed by atoms with Crippen LogP contribution < -0.4 is 15.6 Å². The molecule has 0 unspecified atom stereocenters. The molecule has 2 N–H and O–H groups in total. The Morgan fingerprint density at radius 2 is 2.08 bits per heavy atom. The number of carbonyl (C=O) groups excluding carboxylic acids is 1. The van der Waals surface area contributed by atoms with Gasteiger partial charge in [-0.05, 0) is 26.3 Å². The number of thioether (sulfide) groups is 1. The van der Waals surface area contributed by atoms with Gasteiger partial charge in [-0.2, -0.15) is 0 Å². The Morgan fingerprint density at radius 3 is 2.81 bits per heavy atom. The Hall–Kier alpha value is -2.28. The van der Waals surface area contributed by atoms with Crippen molar-refractivity contribution < 1.29 is 9.53 Å². The van der Waals surface area contributed by atoms with E-state index in [4.69, 9.17) is 4.74 Å². The summed E-state index contributed by atoms with van der Waals surface area (Å²) in [5, 5.41) is 3.28. The number of anilines is 1. The Bertz CT molecular complexity index is 863. The highest BCUT2D eigenvalue weighted by atomic mass is 32.2. The number of rotatable bonds is 6. The molecule has 26 heavy (non-hydrogen) atoms. The molecule has 1 aromatic heterocycles. The van der Waals surface area contributed by atoms with Crippen LogP contribution in [0.15, 0.2) is 34.2 Å². The van der Waals surface area contributed by atoms with Crippen molar-refractivity contribution in [3.8, 4) is 5.75 Å². The Kier molecular flexibility index (Phi) is 5.66. The van der Waals surface area contributed by atoms with E-state index in [9.17, 15) is 9.59 Å². The maximum atomic E-state index is 12.8. The number of aromatic nitrogens is 2. The van der Waals surface area contributed by atoms with Crippen LogP contribution in [0.1, 0.15) is 50.7 Å². The Labute approximate surface area is 156 Å². The number of hydrogen-bond donors (Lipinski definition) is 2. The number of H-pyrrole nitrogens is 1. The summed E-state index contributed by atoms with van der Waals surface area (Å²) in [6.07, 6.45) is 1.16. The molecule has 0 aliphatic carbocycles. The molecule has 2 heterocycles. The lowest BCUT2D eigenvalue weighted by Crippen LogP contribution is -2.31. The molecule has 1 atom stereocenters. The van der Waals surface area contributed by atoms with Crippen molar-refractivity contribution in [3.63, 3.8) is 0 Å². The van der Waals surface area contributed by atoms with Crippen molar-refractivity contribution in [2.75, 3.05) is 11.1 Å². The van der Waals surface area contributed by atoms with Crippen molar-refractivity contribution in [2.24, 2.45) is 0 Å². The maximum absolute atomic E-state index is 12.8. The third kappa shape index (κ3) is 3.93. The van der Waals surface area contributed by atoms with E-state index in [1.165, 1.54) is 11.8 Å². The average Bonchev–Trinajstić information content (AvgIpc) is 2.59. The lowest BCUT2D eigenvalue weighted by Gasteiger charge is -2.26. The molecule has 6 nitrogen and oxygen atoms in total. The van der Waals surface area contributed by atoms with Gasteiger partial charge in [0.2, 0.25) is 5.91 Å². The third-order valence-electron chi connectivity index (χ3n) is 4.03. The minimum atomic E-state index is -0.379. The number of hydrogen-bond acceptors (Lipinski definition) is 5. The molecule has 0 saturated heterocycles. The predicted octanol–water partition coefficient (Wildman–Crippen LogP) is 3.53. The first kappa shape index (κ1) is 18.5. The van der Waals surface area contributed by atoms with Crippen molar-refractivity contribution in [3.05, 3.63) is 45.7 Å². The number of nitrogens with zero attached hydrogens (tertiary/aromatic N) is 1. The van der Waals surface area contributed by atoms with Gasteiger partial charge in [-0.25, -0.2) is 4.98 Å². The number of para-hydroxylation sites is 1. The minimum Gasteiger partial charge on any atom is -0.491 e. The third-order valence-corrected chi connectivity index (χ3v) is 5.11. The minimum absolute atomic E-state index is 0.00253. The monoisotopic (exact) mass is 373 g/mol. The first-order valence-corrected chi connectivity index (χ1v) is 9.80. The SMILES string of the molecule is CCCSc1nc2c(c(=O)[nH]1)[C@@H](c1ccccc1OC(C)C)CC(=O)N2. The highest BCUT2D eigenvalue weighted by Gasteiger charge is 2.32. The number of ether oxygens (including phenoxy) is 1. The van der Waals surface area contributed by atoms with Crippen LogP contribution in [0.5, 0.6) is 5.75 Å². The number of amides is 1. The van der Waals surface area contributed by atoms with E-state index in [0.29, 0.717) is 22.3 Å². The molecular formula is C19H23N3O3S. The number of fused-ring (bicyclic) bond motifs is 1. The highest BCUT2D eigenvalue weighted by Crippen LogP contribution is 2.38. The molecule has 0 saturated carbocycles. The fourth-order valence-electron chi connectivity index (χ4n) is 3.01. The van der Waals surface area contributed by atoms with Crippen LogP contribution in [0.4, 0.5) is 5.82 Å². The van der Waals surface area contributed by atoms with Crippen LogP contribution >= 0.6 is 11.8 Å². The second kappa shape index (κ2) is 7.95. The lowest BCUT2D eigenvalue weighted by atomic mass is 9.86. The summed E-state index contributed by atoms with van der Waals surface area (Å²) in [7, 11) is 0. The predicted molar refractivity (Wildman–Crippen MR) is 103 cm³/mol. The highest BCUT2D eigenvalue weighted by molar-refractivity contribution is 7.99. The fraction of sp³-hybridized carbons (Fsp3) is 0.421. The molecule has 1 amide bonds. The Balaban J connectivity index is 2.07. The van der Waals surface area contributed by atoms with Crippen LogP contribution in [0.3, 0.4) is 0 Å². The van der Waals surface area contributed by atoms with Gasteiger partial charge in [0.15, 0.2) is 5.16 Å². The molecule has 1 aliphatic rings. The normalized spacial score (nSPS) is 16.3. The van der Waals surface area contributed by atoms with Gasteiger partial charge >= 0.3 is 0 Å². The van der Waals surface area contributed by atoms with E-state index in [1.807, 2.05) is 38.1 Å². The van der Waals surface area contributed by atoms with Crippen LogP contribution in [-0.4, -0.2) is 27.7 Å². The van der Waals surface area contributed by atoms with Gasteiger partial charge < -0.3 is 15.0 Å². The first-order chi connectivity index (χ1) is 12.5. The molecule has 1 aliphatic heterocycles. The van der Waals surface area contributed by atoms with E-state index >= 15 is 0 Å². The van der Waals surface area contributed by atoms with E-state index in [0.717, 1.165) is 17.7 Å². The van der Waals surface area contributed by atoms with Crippen LogP contribution in [0.25, 0.3) is 0 Å². The summed E-state index contributed by atoms with van der Waals surface area (Å²) in [4.78, 5) is 32.4. The maximum Gasteiger partial charge on any atom is 0.257 e. The quantitative estimate of drug-likeness (QED) is 0.598. The zero-order valence-electron chi connectivity index (χ0n) is 15.2. The smallest absolute Gasteiger partial charge is 0.257 e. The molecule has 138 valence electrons. The Morgan fingerprint density at radius 1 is 1.31 bits per heavy atom. The summed E-state index contributed by atoms with van der Waals surface area (Å²) in [5.74, 6) is 1.37. The van der Waals surface area contributed by atoms with Crippen molar-refractivity contribution in [2.45, 2.75) is 50.8 Å². The molecule has 0 fully saturated rings. The van der Waals surface area contributed by atoms with E-state index in [2.05, 4.69) is 22.2 Å². The van der Waals surface area contributed by atoms with E-state index in [-0.39, 0.29) is 29.9 Å². The first-order valence-electron chi connectivity index (χ1n) is 8.82. The molecule has 2 aromatic rings. The van der Waals surface area contributed by atoms with E-state index < -0.39 is 0 Å². The number of aromatic amines is 1. The van der Waals surface area contributed by atoms with Crippen LogP contribution in [0.2, 0.25) is 0 Å². The largest absolute Gasteiger partial charge is 0.491 e. The van der Waals surface area contributed by atoms with Gasteiger partial charge in [0, 0.05) is 23.7 Å². The summed E-state index contributed by atoms with van der Waals surface area (Å²) in [6.45, 7) is 5.96. The van der Waals surface area contributed by atoms with Crippen molar-refractivity contribution in [1.29, 1.82) is 0 Å². The standard InChI is InChI=1S/C19H23N3O3S/c1-4-9-26-19-21-17-16(18(24)22-19)13(10-15(23)20-17)12-7-5-6-8-14(12)25-11(2)3/h5-8,11,13H,4,9-10H2,1-3H3,(H2,20,21,22,23,24)/t13-/m1/s1. The number of carbonyl (C=O) groups is 1. The molecule has 3 rings (SSSR count). The molecule has 1 aromatic carbocycles. The summed E-state index contributed by atoms with van der Waals surface area (Å²) >= 11 is 1.47. The van der Waals surface area contributed by atoms with Gasteiger partial charge in [0.1, 0.15) is 11.6 Å². The molecule has 0 bridgehead atoms. The summed E-state index contributed by atoms with van der Waals surface area (Å²) < 4.78 is 5.90. The van der Waals surface area contributed by atoms with Crippen LogP contribution in [0, 0.1) is 0 Å². The molecule has 7 heteroatoms. The fourth-order valence-corrected chi connectivity index (χ4v) is 3.73. The topological polar surface area (TPSA) is 84.1 Å². The van der Waals surface area contributed by atoms with Crippen LogP contribution in [-0.2, 0) is 4.79 Å². The molecular weight excluding hydrogens is 350 g/mol. The van der Waals surface area contributed by atoms with Gasteiger partial charge in [-0.15, -0.1) is 0 Å². The zero-order valence-corrected chi connectivity index (χ0v) is 16.0. The second-order valence-corrected chi connectivity index (χ2v) is 7.57. The van der Waals surface area contributed by atoms with Crippen molar-refractivity contribution >= 4 is 23.5 Å². The number of benzene rings is 1. The summed E-state index contributed by atoms with van der Waals surface area (Å²) in [5.41, 5.74) is 1.11. The van der Waals surface area contributed by atoms with Crippen molar-refractivity contribution in [1.82, 2.24) is 9.97 Å². The van der Waals surface area contributed by atoms with E-state index in [1.54, 1.807) is 0 Å². The number of nitrogens with one attached hydrogen (secondary N) is 2. The van der Waals surface area contributed by atoms with Gasteiger partial charge in [-0.1, -0.05) is 36.9 Å². The summed E-state index contributed by atoms with van der Waals surface area (Å²) in [6, 6.07) is 7.55. The average molecular weight is 373 g/mol. The molecule has 0 radical (unpaired) electrons. The molecule has 0 spiro atoms. The second-order valence-electron chi connectivity index (χ2n) is 6.49. The van der Waals surface area contributed by atoms with Gasteiger partial charge in [0.05, 0.1) is 11.7 Å². The van der Waals surface area contributed by atoms with Gasteiger partial charge in [0.25, 0.3) is 5.56 Å².